The Morgan fingerprint density at radius 3 is 2.81 bits per heavy atom. The van der Waals surface area contributed by atoms with E-state index in [1.54, 1.807) is 18.2 Å². The zero-order chi connectivity index (χ0) is 11.5. The topological polar surface area (TPSA) is 44.1 Å². The highest BCUT2D eigenvalue weighted by atomic mass is 19.1. The molecule has 0 aliphatic rings. The van der Waals surface area contributed by atoms with E-state index in [-0.39, 0.29) is 11.4 Å². The van der Waals surface area contributed by atoms with Gasteiger partial charge in [-0.05, 0) is 18.2 Å². The first-order chi connectivity index (χ1) is 7.72. The quantitative estimate of drug-likeness (QED) is 0.725. The average molecular weight is 220 g/mol. The molecule has 0 amide bonds. The van der Waals surface area contributed by atoms with E-state index in [1.165, 1.54) is 30.1 Å². The molecule has 2 rings (SSSR count). The van der Waals surface area contributed by atoms with Crippen LogP contribution in [0.1, 0.15) is 10.5 Å². The van der Waals surface area contributed by atoms with Crippen molar-refractivity contribution in [1.29, 1.82) is 0 Å². The molecule has 0 aliphatic carbocycles. The molecule has 1 aromatic carbocycles. The molecular formula is C11H9FN2O2. The van der Waals surface area contributed by atoms with Crippen molar-refractivity contribution in [3.05, 3.63) is 48.0 Å². The Morgan fingerprint density at radius 1 is 1.38 bits per heavy atom. The second-order valence-electron chi connectivity index (χ2n) is 3.09. The zero-order valence-electron chi connectivity index (χ0n) is 8.55. The van der Waals surface area contributed by atoms with Crippen molar-refractivity contribution < 1.29 is 13.9 Å². The number of para-hydroxylation sites is 1. The summed E-state index contributed by atoms with van der Waals surface area (Å²) >= 11 is 0. The Bertz CT molecular complexity index is 522. The molecule has 0 fully saturated rings. The lowest BCUT2D eigenvalue weighted by Gasteiger charge is -2.01. The van der Waals surface area contributed by atoms with Crippen molar-refractivity contribution >= 4 is 5.97 Å². The number of carbonyl (C=O) groups excluding carboxylic acids is 1. The van der Waals surface area contributed by atoms with Gasteiger partial charge in [-0.2, -0.15) is 5.10 Å². The third-order valence-electron chi connectivity index (χ3n) is 2.08. The number of esters is 1. The molecule has 0 saturated carbocycles. The minimum atomic E-state index is -0.546. The largest absolute Gasteiger partial charge is 0.464 e. The van der Waals surface area contributed by atoms with Gasteiger partial charge in [0.25, 0.3) is 0 Å². The minimum absolute atomic E-state index is 0.144. The van der Waals surface area contributed by atoms with Crippen molar-refractivity contribution in [1.82, 2.24) is 9.78 Å². The number of methoxy groups -OCH3 is 1. The zero-order valence-corrected chi connectivity index (χ0v) is 8.55. The molecule has 0 radical (unpaired) electrons. The van der Waals surface area contributed by atoms with Crippen molar-refractivity contribution in [3.63, 3.8) is 0 Å². The lowest BCUT2D eigenvalue weighted by Crippen LogP contribution is -2.04. The number of hydrogen-bond donors (Lipinski definition) is 0. The molecule has 0 unspecified atom stereocenters. The Kier molecular flexibility index (Phi) is 2.68. The maximum atomic E-state index is 13.4. The molecule has 0 N–H and O–H groups in total. The molecule has 4 nitrogen and oxygen atoms in total. The van der Waals surface area contributed by atoms with Crippen LogP contribution in [0.5, 0.6) is 0 Å². The Balaban J connectivity index is 2.39. The van der Waals surface area contributed by atoms with Gasteiger partial charge in [-0.1, -0.05) is 12.1 Å². The van der Waals surface area contributed by atoms with E-state index in [2.05, 4.69) is 9.84 Å². The van der Waals surface area contributed by atoms with Gasteiger partial charge in [-0.3, -0.25) is 0 Å². The molecule has 2 aromatic rings. The third kappa shape index (κ3) is 1.79. The van der Waals surface area contributed by atoms with E-state index in [1.807, 2.05) is 0 Å². The molecule has 1 aromatic heterocycles. The van der Waals surface area contributed by atoms with Gasteiger partial charge in [0.1, 0.15) is 11.5 Å². The second-order valence-corrected chi connectivity index (χ2v) is 3.09. The summed E-state index contributed by atoms with van der Waals surface area (Å²) in [6.45, 7) is 0. The molecule has 0 spiro atoms. The molecule has 0 saturated heterocycles. The number of rotatable bonds is 2. The molecule has 0 bridgehead atoms. The highest BCUT2D eigenvalue weighted by molar-refractivity contribution is 5.86. The lowest BCUT2D eigenvalue weighted by atomic mass is 10.3. The minimum Gasteiger partial charge on any atom is -0.464 e. The first kappa shape index (κ1) is 10.4. The summed E-state index contributed by atoms with van der Waals surface area (Å²) in [7, 11) is 1.27. The SMILES string of the molecule is COC(=O)c1ccn(-c2ccccc2F)n1. The van der Waals surface area contributed by atoms with Crippen LogP contribution in [0.15, 0.2) is 36.5 Å². The summed E-state index contributed by atoms with van der Waals surface area (Å²) < 4.78 is 19.2. The average Bonchev–Trinajstić information content (AvgIpc) is 2.78. The summed E-state index contributed by atoms with van der Waals surface area (Å²) in [6, 6.07) is 7.65. The first-order valence-electron chi connectivity index (χ1n) is 4.61. The highest BCUT2D eigenvalue weighted by Gasteiger charge is 2.11. The normalized spacial score (nSPS) is 10.1. The van der Waals surface area contributed by atoms with E-state index in [9.17, 15) is 9.18 Å². The van der Waals surface area contributed by atoms with Crippen LogP contribution >= 0.6 is 0 Å². The fraction of sp³-hybridized carbons (Fsp3) is 0.0909. The van der Waals surface area contributed by atoms with Crippen molar-refractivity contribution in [2.75, 3.05) is 7.11 Å². The van der Waals surface area contributed by atoms with Crippen LogP contribution in [0.3, 0.4) is 0 Å². The van der Waals surface area contributed by atoms with E-state index in [0.717, 1.165) is 0 Å². The van der Waals surface area contributed by atoms with Gasteiger partial charge in [-0.15, -0.1) is 0 Å². The standard InChI is InChI=1S/C11H9FN2O2/c1-16-11(15)9-6-7-14(13-9)10-5-3-2-4-8(10)12/h2-7H,1H3. The van der Waals surface area contributed by atoms with Crippen LogP contribution in [0.25, 0.3) is 5.69 Å². The van der Waals surface area contributed by atoms with Crippen molar-refractivity contribution in [2.24, 2.45) is 0 Å². The van der Waals surface area contributed by atoms with Gasteiger partial charge in [0.15, 0.2) is 5.69 Å². The highest BCUT2D eigenvalue weighted by Crippen LogP contribution is 2.12. The number of nitrogens with zero attached hydrogens (tertiary/aromatic N) is 2. The smallest absolute Gasteiger partial charge is 0.358 e. The summed E-state index contributed by atoms with van der Waals surface area (Å²) in [4.78, 5) is 11.2. The predicted octanol–water partition coefficient (Wildman–Crippen LogP) is 1.80. The number of ether oxygens (including phenoxy) is 1. The molecule has 16 heavy (non-hydrogen) atoms. The number of carbonyl (C=O) groups is 1. The van der Waals surface area contributed by atoms with Crippen LogP contribution in [0.2, 0.25) is 0 Å². The maximum Gasteiger partial charge on any atom is 0.358 e. The van der Waals surface area contributed by atoms with Crippen LogP contribution < -0.4 is 0 Å². The first-order valence-corrected chi connectivity index (χ1v) is 4.61. The van der Waals surface area contributed by atoms with Gasteiger partial charge >= 0.3 is 5.97 Å². The van der Waals surface area contributed by atoms with Gasteiger partial charge in [0, 0.05) is 6.20 Å². The summed E-state index contributed by atoms with van der Waals surface area (Å²) in [5.74, 6) is -0.947. The number of aromatic nitrogens is 2. The van der Waals surface area contributed by atoms with Gasteiger partial charge in [0.2, 0.25) is 0 Å². The van der Waals surface area contributed by atoms with Crippen LogP contribution in [0, 0.1) is 5.82 Å². The lowest BCUT2D eigenvalue weighted by molar-refractivity contribution is 0.0593. The fourth-order valence-corrected chi connectivity index (χ4v) is 1.31. The third-order valence-corrected chi connectivity index (χ3v) is 2.08. The Morgan fingerprint density at radius 2 is 2.12 bits per heavy atom. The molecule has 0 aliphatic heterocycles. The monoisotopic (exact) mass is 220 g/mol. The van der Waals surface area contributed by atoms with E-state index in [0.29, 0.717) is 0 Å². The van der Waals surface area contributed by atoms with Crippen molar-refractivity contribution in [2.45, 2.75) is 0 Å². The maximum absolute atomic E-state index is 13.4. The second kappa shape index (κ2) is 4.14. The summed E-state index contributed by atoms with van der Waals surface area (Å²) in [6.07, 6.45) is 1.50. The molecule has 1 heterocycles. The Hall–Kier alpha value is -2.17. The van der Waals surface area contributed by atoms with Gasteiger partial charge in [-0.25, -0.2) is 13.9 Å². The van der Waals surface area contributed by atoms with Gasteiger partial charge in [0.05, 0.1) is 7.11 Å². The van der Waals surface area contributed by atoms with E-state index < -0.39 is 11.8 Å². The number of benzene rings is 1. The Labute approximate surface area is 91.3 Å². The van der Waals surface area contributed by atoms with Gasteiger partial charge < -0.3 is 4.74 Å². The van der Waals surface area contributed by atoms with Crippen LogP contribution in [-0.2, 0) is 4.74 Å². The van der Waals surface area contributed by atoms with Crippen LogP contribution in [-0.4, -0.2) is 22.9 Å². The van der Waals surface area contributed by atoms with Crippen LogP contribution in [0.4, 0.5) is 4.39 Å². The number of hydrogen-bond acceptors (Lipinski definition) is 3. The molecular weight excluding hydrogens is 211 g/mol. The summed E-state index contributed by atoms with van der Waals surface area (Å²) in [5.41, 5.74) is 0.434. The molecule has 0 atom stereocenters. The van der Waals surface area contributed by atoms with E-state index >= 15 is 0 Å². The fourth-order valence-electron chi connectivity index (χ4n) is 1.31. The van der Waals surface area contributed by atoms with Crippen molar-refractivity contribution in [3.8, 4) is 5.69 Å². The molecule has 5 heteroatoms. The molecule has 82 valence electrons. The number of halogens is 1. The summed E-state index contributed by atoms with van der Waals surface area (Å²) in [5, 5.41) is 3.91. The van der Waals surface area contributed by atoms with E-state index in [4.69, 9.17) is 0 Å². The predicted molar refractivity (Wildman–Crippen MR) is 54.9 cm³/mol.